The maximum Gasteiger partial charge on any atom is 0.197 e. The molecule has 3 heterocycles. The molecule has 2 aromatic carbocycles. The van der Waals surface area contributed by atoms with Gasteiger partial charge in [-0.25, -0.2) is 0 Å². The molecule has 0 aliphatic carbocycles. The fourth-order valence-corrected chi connectivity index (χ4v) is 5.11. The van der Waals surface area contributed by atoms with Crippen molar-refractivity contribution in [2.24, 2.45) is 0 Å². The van der Waals surface area contributed by atoms with Gasteiger partial charge in [0.1, 0.15) is 71.5 Å². The summed E-state index contributed by atoms with van der Waals surface area (Å²) in [6.07, 6.45) is -14.8. The summed E-state index contributed by atoms with van der Waals surface area (Å²) in [5, 5.41) is 104. The van der Waals surface area contributed by atoms with Crippen LogP contribution in [0.15, 0.2) is 33.5 Å². The number of aliphatic hydroxyl groups is 6. The number of phenolic OH excluding ortho intramolecular Hbond substituents is 4. The zero-order valence-electron chi connectivity index (χ0n) is 20.8. The van der Waals surface area contributed by atoms with Gasteiger partial charge in [0.25, 0.3) is 0 Å². The Labute approximate surface area is 224 Å². The molecule has 2 saturated heterocycles. The van der Waals surface area contributed by atoms with Crippen molar-refractivity contribution in [1.82, 2.24) is 0 Å². The first-order valence-electron chi connectivity index (χ1n) is 12.3. The number of hydrogen-bond acceptors (Lipinski definition) is 14. The molecule has 4 unspecified atom stereocenters. The molecule has 2 aliphatic heterocycles. The van der Waals surface area contributed by atoms with Gasteiger partial charge in [-0.3, -0.25) is 4.79 Å². The molecule has 5 rings (SSSR count). The van der Waals surface area contributed by atoms with Gasteiger partial charge in [0, 0.05) is 11.6 Å². The minimum atomic E-state index is -1.90. The summed E-state index contributed by atoms with van der Waals surface area (Å²) in [5.74, 6) is -3.00. The highest BCUT2D eigenvalue weighted by Gasteiger charge is 2.47. The predicted molar refractivity (Wildman–Crippen MR) is 133 cm³/mol. The molecule has 9 atom stereocenters. The molecule has 14 heteroatoms. The third kappa shape index (κ3) is 4.34. The van der Waals surface area contributed by atoms with E-state index in [9.17, 15) is 55.9 Å². The van der Waals surface area contributed by atoms with E-state index >= 15 is 0 Å². The van der Waals surface area contributed by atoms with Crippen LogP contribution >= 0.6 is 0 Å². The molecule has 0 spiro atoms. The molecule has 2 aliphatic rings. The van der Waals surface area contributed by atoms with Crippen LogP contribution in [0, 0.1) is 0 Å². The molecule has 0 amide bonds. The number of phenols is 4. The highest BCUT2D eigenvalue weighted by molar-refractivity contribution is 5.92. The van der Waals surface area contributed by atoms with E-state index in [1.165, 1.54) is 13.0 Å². The minimum Gasteiger partial charge on any atom is -0.507 e. The Morgan fingerprint density at radius 2 is 1.43 bits per heavy atom. The zero-order valence-corrected chi connectivity index (χ0v) is 20.8. The Kier molecular flexibility index (Phi) is 7.14. The molecule has 10 N–H and O–H groups in total. The maximum absolute atomic E-state index is 13.4. The average molecular weight is 564 g/mol. The molecule has 1 aromatic heterocycles. The summed E-state index contributed by atoms with van der Waals surface area (Å²) in [6, 6.07) is 4.45. The van der Waals surface area contributed by atoms with Crippen molar-refractivity contribution in [1.29, 1.82) is 0 Å². The number of benzene rings is 2. The van der Waals surface area contributed by atoms with Crippen molar-refractivity contribution in [2.45, 2.75) is 61.9 Å². The second-order valence-corrected chi connectivity index (χ2v) is 9.94. The number of aromatic hydroxyl groups is 4. The van der Waals surface area contributed by atoms with Gasteiger partial charge in [-0.15, -0.1) is 0 Å². The molecule has 40 heavy (non-hydrogen) atoms. The van der Waals surface area contributed by atoms with Crippen LogP contribution in [0.3, 0.4) is 0 Å². The average Bonchev–Trinajstić information content (AvgIpc) is 2.91. The van der Waals surface area contributed by atoms with Gasteiger partial charge in [0.05, 0.1) is 23.8 Å². The van der Waals surface area contributed by atoms with Crippen LogP contribution in [-0.4, -0.2) is 100 Å². The van der Waals surface area contributed by atoms with Crippen LogP contribution in [0.2, 0.25) is 0 Å². The SMILES string of the molecule is C[C@@H]1O[C@@H](c2c(O)c(C3OCC(O)C(O)C3O)c3oc(-c4ccc(O)c(O)c4)cc(=O)c3c2O)[C@H](O)[C@H](O)[C@H]1O. The smallest absolute Gasteiger partial charge is 0.197 e. The Bertz CT molecular complexity index is 1500. The quantitative estimate of drug-likeness (QED) is 0.171. The van der Waals surface area contributed by atoms with Crippen molar-refractivity contribution in [3.05, 3.63) is 45.6 Å². The van der Waals surface area contributed by atoms with Crippen LogP contribution in [-0.2, 0) is 9.47 Å². The molecule has 2 fully saturated rings. The number of hydrogen-bond donors (Lipinski definition) is 10. The van der Waals surface area contributed by atoms with Crippen molar-refractivity contribution in [3.8, 4) is 34.3 Å². The summed E-state index contributed by atoms with van der Waals surface area (Å²) in [4.78, 5) is 13.4. The second-order valence-electron chi connectivity index (χ2n) is 9.94. The van der Waals surface area contributed by atoms with Crippen LogP contribution in [0.5, 0.6) is 23.0 Å². The van der Waals surface area contributed by atoms with Crippen LogP contribution in [0.25, 0.3) is 22.3 Å². The van der Waals surface area contributed by atoms with Crippen molar-refractivity contribution in [2.75, 3.05) is 6.61 Å². The fourth-order valence-electron chi connectivity index (χ4n) is 5.11. The lowest BCUT2D eigenvalue weighted by atomic mass is 9.86. The predicted octanol–water partition coefficient (Wildman–Crippen LogP) is -1.02. The molecule has 216 valence electrons. The van der Waals surface area contributed by atoms with Gasteiger partial charge in [-0.2, -0.15) is 0 Å². The summed E-state index contributed by atoms with van der Waals surface area (Å²) >= 11 is 0. The van der Waals surface area contributed by atoms with Gasteiger partial charge < -0.3 is 65.0 Å². The molecular formula is C26H28O14. The molecule has 0 bridgehead atoms. The fraction of sp³-hybridized carbons (Fsp3) is 0.423. The third-order valence-electron chi connectivity index (χ3n) is 7.38. The number of fused-ring (bicyclic) bond motifs is 1. The maximum atomic E-state index is 13.4. The number of aliphatic hydroxyl groups excluding tert-OH is 6. The topological polar surface area (TPSA) is 251 Å². The summed E-state index contributed by atoms with van der Waals surface area (Å²) in [5.41, 5.74) is -2.37. The highest BCUT2D eigenvalue weighted by Crippen LogP contribution is 2.50. The Hall–Kier alpha value is -3.47. The first-order chi connectivity index (χ1) is 18.8. The van der Waals surface area contributed by atoms with E-state index in [0.717, 1.165) is 18.2 Å². The zero-order chi connectivity index (χ0) is 29.2. The van der Waals surface area contributed by atoms with E-state index in [2.05, 4.69) is 0 Å². The van der Waals surface area contributed by atoms with Crippen molar-refractivity contribution < 1.29 is 65.0 Å². The lowest BCUT2D eigenvalue weighted by Crippen LogP contribution is -2.53. The van der Waals surface area contributed by atoms with E-state index in [-0.39, 0.29) is 11.3 Å². The van der Waals surface area contributed by atoms with E-state index in [1.807, 2.05) is 0 Å². The molecular weight excluding hydrogens is 536 g/mol. The van der Waals surface area contributed by atoms with E-state index in [0.29, 0.717) is 0 Å². The van der Waals surface area contributed by atoms with E-state index in [1.54, 1.807) is 0 Å². The van der Waals surface area contributed by atoms with Gasteiger partial charge in [0.15, 0.2) is 22.5 Å². The molecule has 0 radical (unpaired) electrons. The highest BCUT2D eigenvalue weighted by atomic mass is 16.5. The third-order valence-corrected chi connectivity index (χ3v) is 7.38. The summed E-state index contributed by atoms with van der Waals surface area (Å²) in [7, 11) is 0. The Morgan fingerprint density at radius 1 is 0.750 bits per heavy atom. The van der Waals surface area contributed by atoms with Gasteiger partial charge >= 0.3 is 0 Å². The van der Waals surface area contributed by atoms with Gasteiger partial charge in [-0.05, 0) is 25.1 Å². The molecule has 3 aromatic rings. The molecule has 14 nitrogen and oxygen atoms in total. The lowest BCUT2D eigenvalue weighted by molar-refractivity contribution is -0.220. The first-order valence-corrected chi connectivity index (χ1v) is 12.3. The number of rotatable bonds is 3. The van der Waals surface area contributed by atoms with Crippen molar-refractivity contribution >= 4 is 11.0 Å². The largest absolute Gasteiger partial charge is 0.507 e. The van der Waals surface area contributed by atoms with E-state index in [4.69, 9.17) is 13.9 Å². The standard InChI is InChI=1S/C26H28O14/c1-7-17(31)21(35)23(37)26(39-7)15-19(33)14-11(29)5-13(8-2-3-9(27)10(28)4-8)40-24(14)16(20(15)34)25-22(36)18(32)12(30)6-38-25/h2-5,7,12,17-18,21-23,25-28,30-37H,6H2,1H3/t7-,12?,17-,18?,21+,22?,23+,25?,26-/m0/s1. The van der Waals surface area contributed by atoms with Crippen LogP contribution < -0.4 is 5.43 Å². The summed E-state index contributed by atoms with van der Waals surface area (Å²) < 4.78 is 17.0. The minimum absolute atomic E-state index is 0.0980. The molecule has 0 saturated carbocycles. The van der Waals surface area contributed by atoms with Gasteiger partial charge in [0.2, 0.25) is 0 Å². The van der Waals surface area contributed by atoms with Crippen LogP contribution in [0.4, 0.5) is 0 Å². The normalized spacial score (nSPS) is 32.8. The summed E-state index contributed by atoms with van der Waals surface area (Å²) in [6.45, 7) is 0.850. The Morgan fingerprint density at radius 3 is 2.10 bits per heavy atom. The Balaban J connectivity index is 1.81. The van der Waals surface area contributed by atoms with Crippen molar-refractivity contribution in [3.63, 3.8) is 0 Å². The van der Waals surface area contributed by atoms with Crippen LogP contribution in [0.1, 0.15) is 30.3 Å². The van der Waals surface area contributed by atoms with E-state index < -0.39 is 112 Å². The first kappa shape index (κ1) is 28.1. The lowest BCUT2D eigenvalue weighted by Gasteiger charge is -2.40. The monoisotopic (exact) mass is 564 g/mol. The number of ether oxygens (including phenoxy) is 2. The second kappa shape index (κ2) is 10.2. The van der Waals surface area contributed by atoms with Gasteiger partial charge in [-0.1, -0.05) is 0 Å².